The Morgan fingerprint density at radius 1 is 1.04 bits per heavy atom. The highest BCUT2D eigenvalue weighted by molar-refractivity contribution is 6.05. The molecule has 5 nitrogen and oxygen atoms in total. The van der Waals surface area contributed by atoms with Crippen LogP contribution in [0.3, 0.4) is 0 Å². The van der Waals surface area contributed by atoms with Gasteiger partial charge in [0.2, 0.25) is 0 Å². The third-order valence-electron chi connectivity index (χ3n) is 4.31. The predicted molar refractivity (Wildman–Crippen MR) is 104 cm³/mol. The van der Waals surface area contributed by atoms with Crippen molar-refractivity contribution in [1.82, 2.24) is 9.78 Å². The summed E-state index contributed by atoms with van der Waals surface area (Å²) in [6.07, 6.45) is 0. The Labute approximate surface area is 152 Å². The summed E-state index contributed by atoms with van der Waals surface area (Å²) in [6.45, 7) is 3.76. The number of rotatable bonds is 5. The van der Waals surface area contributed by atoms with Crippen LogP contribution in [0, 0.1) is 0 Å². The molecule has 0 N–H and O–H groups in total. The second kappa shape index (κ2) is 7.35. The summed E-state index contributed by atoms with van der Waals surface area (Å²) >= 11 is 0. The standard InChI is InChI=1S/C21H21N3O2/c1-4-24-21(26)20(23(3)17-13-9-6-10-14-17)18(15(2)25)19(22-24)16-11-7-5-8-12-16/h5-14H,4H2,1-3H3. The van der Waals surface area contributed by atoms with Crippen LogP contribution in [0.25, 0.3) is 11.3 Å². The van der Waals surface area contributed by atoms with Crippen LogP contribution in [0.15, 0.2) is 65.5 Å². The van der Waals surface area contributed by atoms with E-state index in [1.807, 2.05) is 67.6 Å². The van der Waals surface area contributed by atoms with Crippen LogP contribution in [0.4, 0.5) is 11.4 Å². The largest absolute Gasteiger partial charge is 0.339 e. The highest BCUT2D eigenvalue weighted by atomic mass is 16.1. The maximum absolute atomic E-state index is 13.0. The summed E-state index contributed by atoms with van der Waals surface area (Å²) in [7, 11) is 1.80. The third-order valence-corrected chi connectivity index (χ3v) is 4.31. The smallest absolute Gasteiger partial charge is 0.291 e. The van der Waals surface area contributed by atoms with E-state index in [2.05, 4.69) is 5.10 Å². The van der Waals surface area contributed by atoms with Gasteiger partial charge in [-0.05, 0) is 26.0 Å². The lowest BCUT2D eigenvalue weighted by molar-refractivity contribution is 0.101. The van der Waals surface area contributed by atoms with E-state index < -0.39 is 0 Å². The lowest BCUT2D eigenvalue weighted by Gasteiger charge is -2.23. The summed E-state index contributed by atoms with van der Waals surface area (Å²) in [4.78, 5) is 27.3. The second-order valence-electron chi connectivity index (χ2n) is 6.01. The number of benzene rings is 2. The first-order valence-corrected chi connectivity index (χ1v) is 8.54. The number of hydrogen-bond acceptors (Lipinski definition) is 4. The molecule has 3 aromatic rings. The Bertz CT molecular complexity index is 979. The van der Waals surface area contributed by atoms with E-state index in [9.17, 15) is 9.59 Å². The molecule has 5 heteroatoms. The van der Waals surface area contributed by atoms with E-state index in [-0.39, 0.29) is 11.3 Å². The Kier molecular flexibility index (Phi) is 4.98. The molecule has 0 saturated heterocycles. The zero-order valence-electron chi connectivity index (χ0n) is 15.1. The summed E-state index contributed by atoms with van der Waals surface area (Å²) in [5, 5.41) is 4.48. The lowest BCUT2D eigenvalue weighted by atomic mass is 10.0. The van der Waals surface area contributed by atoms with Gasteiger partial charge < -0.3 is 4.90 Å². The van der Waals surface area contributed by atoms with E-state index in [0.29, 0.717) is 23.5 Å². The van der Waals surface area contributed by atoms with Crippen molar-refractivity contribution in [2.24, 2.45) is 0 Å². The molecule has 0 aliphatic heterocycles. The zero-order chi connectivity index (χ0) is 18.7. The SMILES string of the molecule is CCn1nc(-c2ccccc2)c(C(C)=O)c(N(C)c2ccccc2)c1=O. The summed E-state index contributed by atoms with van der Waals surface area (Å²) in [5.41, 5.74) is 2.58. The molecule has 26 heavy (non-hydrogen) atoms. The molecule has 132 valence electrons. The fraction of sp³-hybridized carbons (Fsp3) is 0.190. The van der Waals surface area contributed by atoms with E-state index in [4.69, 9.17) is 0 Å². The minimum absolute atomic E-state index is 0.186. The summed E-state index contributed by atoms with van der Waals surface area (Å²) in [5.74, 6) is -0.186. The van der Waals surface area contributed by atoms with Crippen LogP contribution in [0.1, 0.15) is 24.2 Å². The molecule has 0 spiro atoms. The van der Waals surface area contributed by atoms with Gasteiger partial charge in [0, 0.05) is 24.8 Å². The molecule has 0 aliphatic rings. The highest BCUT2D eigenvalue weighted by Gasteiger charge is 2.24. The van der Waals surface area contributed by atoms with Crippen LogP contribution in [-0.2, 0) is 6.54 Å². The number of aromatic nitrogens is 2. The van der Waals surface area contributed by atoms with Crippen LogP contribution in [0.2, 0.25) is 0 Å². The fourth-order valence-corrected chi connectivity index (χ4v) is 3.00. The summed E-state index contributed by atoms with van der Waals surface area (Å²) < 4.78 is 1.41. The van der Waals surface area contributed by atoms with Gasteiger partial charge in [0.05, 0.1) is 5.56 Å². The van der Waals surface area contributed by atoms with Gasteiger partial charge in [-0.15, -0.1) is 0 Å². The number of aryl methyl sites for hydroxylation is 1. The van der Waals surface area contributed by atoms with Gasteiger partial charge in [0.15, 0.2) is 5.78 Å². The second-order valence-corrected chi connectivity index (χ2v) is 6.01. The minimum Gasteiger partial charge on any atom is -0.339 e. The molecule has 0 fully saturated rings. The molecule has 0 aliphatic carbocycles. The number of hydrogen-bond donors (Lipinski definition) is 0. The Morgan fingerprint density at radius 3 is 2.15 bits per heavy atom. The number of para-hydroxylation sites is 1. The highest BCUT2D eigenvalue weighted by Crippen LogP contribution is 2.30. The molecular formula is C21H21N3O2. The first-order chi connectivity index (χ1) is 12.5. The van der Waals surface area contributed by atoms with Gasteiger partial charge in [0.1, 0.15) is 11.4 Å². The van der Waals surface area contributed by atoms with Crippen LogP contribution in [0.5, 0.6) is 0 Å². The number of Topliss-reactive ketones (excluding diaryl/α,β-unsaturated/α-hetero) is 1. The Balaban J connectivity index is 2.35. The zero-order valence-corrected chi connectivity index (χ0v) is 15.1. The van der Waals surface area contributed by atoms with E-state index >= 15 is 0 Å². The number of anilines is 2. The molecule has 1 heterocycles. The average molecular weight is 347 g/mol. The molecule has 0 saturated carbocycles. The first-order valence-electron chi connectivity index (χ1n) is 8.54. The van der Waals surface area contributed by atoms with Crippen molar-refractivity contribution in [3.8, 4) is 11.3 Å². The molecule has 1 aromatic heterocycles. The van der Waals surface area contributed by atoms with Crippen LogP contribution < -0.4 is 10.5 Å². The minimum atomic E-state index is -0.274. The Hall–Kier alpha value is -3.21. The lowest BCUT2D eigenvalue weighted by Crippen LogP contribution is -2.31. The number of nitrogens with zero attached hydrogens (tertiary/aromatic N) is 3. The quantitative estimate of drug-likeness (QED) is 0.657. The van der Waals surface area contributed by atoms with E-state index in [1.54, 1.807) is 11.9 Å². The predicted octanol–water partition coefficient (Wildman–Crippen LogP) is 3.90. The average Bonchev–Trinajstić information content (AvgIpc) is 2.68. The number of carbonyl (C=O) groups is 1. The van der Waals surface area contributed by atoms with Crippen molar-refractivity contribution >= 4 is 17.2 Å². The Morgan fingerprint density at radius 2 is 1.62 bits per heavy atom. The fourth-order valence-electron chi connectivity index (χ4n) is 3.00. The van der Waals surface area contributed by atoms with Gasteiger partial charge in [-0.1, -0.05) is 48.5 Å². The maximum Gasteiger partial charge on any atom is 0.291 e. The monoisotopic (exact) mass is 347 g/mol. The molecule has 3 rings (SSSR count). The van der Waals surface area contributed by atoms with Gasteiger partial charge in [-0.2, -0.15) is 5.10 Å². The van der Waals surface area contributed by atoms with Crippen molar-refractivity contribution in [3.05, 3.63) is 76.6 Å². The maximum atomic E-state index is 13.0. The summed E-state index contributed by atoms with van der Waals surface area (Å²) in [6, 6.07) is 19.0. The van der Waals surface area contributed by atoms with Crippen molar-refractivity contribution in [2.75, 3.05) is 11.9 Å². The van der Waals surface area contributed by atoms with Gasteiger partial charge in [-0.25, -0.2) is 4.68 Å². The van der Waals surface area contributed by atoms with E-state index in [1.165, 1.54) is 11.6 Å². The molecule has 0 unspecified atom stereocenters. The molecule has 0 bridgehead atoms. The topological polar surface area (TPSA) is 55.2 Å². The van der Waals surface area contributed by atoms with Crippen molar-refractivity contribution in [1.29, 1.82) is 0 Å². The van der Waals surface area contributed by atoms with Gasteiger partial charge in [-0.3, -0.25) is 9.59 Å². The normalized spacial score (nSPS) is 10.6. The van der Waals surface area contributed by atoms with Crippen LogP contribution >= 0.6 is 0 Å². The van der Waals surface area contributed by atoms with Crippen molar-refractivity contribution in [2.45, 2.75) is 20.4 Å². The van der Waals surface area contributed by atoms with Crippen molar-refractivity contribution in [3.63, 3.8) is 0 Å². The third kappa shape index (κ3) is 3.16. The molecule has 0 atom stereocenters. The molecular weight excluding hydrogens is 326 g/mol. The van der Waals surface area contributed by atoms with E-state index in [0.717, 1.165) is 11.3 Å². The van der Waals surface area contributed by atoms with Gasteiger partial charge >= 0.3 is 0 Å². The number of carbonyl (C=O) groups excluding carboxylic acids is 1. The van der Waals surface area contributed by atoms with Gasteiger partial charge in [0.25, 0.3) is 5.56 Å². The molecule has 0 amide bonds. The first kappa shape index (κ1) is 17.6. The number of ketones is 1. The molecule has 2 aromatic carbocycles. The molecule has 0 radical (unpaired) electrons. The van der Waals surface area contributed by atoms with Crippen LogP contribution in [-0.4, -0.2) is 22.6 Å². The van der Waals surface area contributed by atoms with Crippen molar-refractivity contribution < 1.29 is 4.79 Å².